The van der Waals surface area contributed by atoms with E-state index in [9.17, 15) is 0 Å². The predicted molar refractivity (Wildman–Crippen MR) is 129 cm³/mol. The van der Waals surface area contributed by atoms with Gasteiger partial charge in [-0.1, -0.05) is 44.5 Å². The van der Waals surface area contributed by atoms with Crippen LogP contribution in [-0.2, 0) is 13.0 Å². The van der Waals surface area contributed by atoms with E-state index in [2.05, 4.69) is 78.6 Å². The molecule has 3 nitrogen and oxygen atoms in total. The van der Waals surface area contributed by atoms with E-state index in [-0.39, 0.29) is 0 Å². The highest BCUT2D eigenvalue weighted by atomic mass is 32.1. The molecule has 0 unspecified atom stereocenters. The number of hydrogen-bond acceptors (Lipinski definition) is 3. The van der Waals surface area contributed by atoms with Crippen LogP contribution in [0.15, 0.2) is 35.7 Å². The standard InChI is InChI=1S/C23H35N3S2/c1-5-7-14-25(4)15-10-16-26(18-21-13-9-17-28-21)23(27)24-22-19(3)11-8-12-20(22)6-2/h8-9,11-13,17H,5-7,10,14-16,18H2,1-4H3,(H,24,27). The molecule has 0 spiro atoms. The highest BCUT2D eigenvalue weighted by Crippen LogP contribution is 2.22. The van der Waals surface area contributed by atoms with Crippen molar-refractivity contribution in [1.82, 2.24) is 9.80 Å². The van der Waals surface area contributed by atoms with E-state index < -0.39 is 0 Å². The molecule has 0 saturated carbocycles. The van der Waals surface area contributed by atoms with Gasteiger partial charge in [-0.25, -0.2) is 0 Å². The molecule has 0 saturated heterocycles. The first-order chi connectivity index (χ1) is 13.5. The number of thiophene rings is 1. The predicted octanol–water partition coefficient (Wildman–Crippen LogP) is 5.94. The van der Waals surface area contributed by atoms with Gasteiger partial charge in [-0.2, -0.15) is 0 Å². The number of benzene rings is 1. The van der Waals surface area contributed by atoms with Crippen LogP contribution in [-0.4, -0.2) is 41.6 Å². The minimum absolute atomic E-state index is 0.827. The second kappa shape index (κ2) is 12.2. The van der Waals surface area contributed by atoms with Gasteiger partial charge in [-0.3, -0.25) is 0 Å². The number of para-hydroxylation sites is 1. The summed E-state index contributed by atoms with van der Waals surface area (Å²) in [6.45, 7) is 10.7. The molecule has 1 heterocycles. The fourth-order valence-corrected chi connectivity index (χ4v) is 4.28. The molecule has 28 heavy (non-hydrogen) atoms. The lowest BCUT2D eigenvalue weighted by Gasteiger charge is -2.28. The number of hydrogen-bond donors (Lipinski definition) is 1. The van der Waals surface area contributed by atoms with Gasteiger partial charge in [0.05, 0.1) is 6.54 Å². The van der Waals surface area contributed by atoms with E-state index in [1.54, 1.807) is 11.3 Å². The molecule has 0 aliphatic heterocycles. The number of thiocarbonyl (C=S) groups is 1. The van der Waals surface area contributed by atoms with E-state index in [4.69, 9.17) is 12.2 Å². The quantitative estimate of drug-likeness (QED) is 0.456. The van der Waals surface area contributed by atoms with Crippen molar-refractivity contribution in [3.63, 3.8) is 0 Å². The third-order valence-corrected chi connectivity index (χ3v) is 6.27. The molecule has 154 valence electrons. The SMILES string of the molecule is CCCCN(C)CCCN(Cc1cccs1)C(=S)Nc1c(C)cccc1CC. The molecule has 1 aromatic carbocycles. The van der Waals surface area contributed by atoms with Crippen molar-refractivity contribution in [2.24, 2.45) is 0 Å². The smallest absolute Gasteiger partial charge is 0.173 e. The van der Waals surface area contributed by atoms with Gasteiger partial charge < -0.3 is 15.1 Å². The average molecular weight is 418 g/mol. The van der Waals surface area contributed by atoms with E-state index in [1.807, 2.05) is 0 Å². The Morgan fingerprint density at radius 2 is 1.86 bits per heavy atom. The summed E-state index contributed by atoms with van der Waals surface area (Å²) in [5, 5.41) is 6.53. The van der Waals surface area contributed by atoms with Crippen LogP contribution >= 0.6 is 23.6 Å². The molecule has 1 N–H and O–H groups in total. The molecule has 0 fully saturated rings. The zero-order chi connectivity index (χ0) is 20.4. The van der Waals surface area contributed by atoms with Gasteiger partial charge in [0.25, 0.3) is 0 Å². The summed E-state index contributed by atoms with van der Waals surface area (Å²) < 4.78 is 0. The Bertz CT molecular complexity index is 713. The fraction of sp³-hybridized carbons (Fsp3) is 0.522. The Morgan fingerprint density at radius 1 is 1.07 bits per heavy atom. The Kier molecular flexibility index (Phi) is 9.96. The summed E-state index contributed by atoms with van der Waals surface area (Å²) in [6.07, 6.45) is 4.63. The highest BCUT2D eigenvalue weighted by molar-refractivity contribution is 7.80. The number of aryl methyl sites for hydroxylation is 2. The van der Waals surface area contributed by atoms with Crippen molar-refractivity contribution in [3.05, 3.63) is 51.7 Å². The topological polar surface area (TPSA) is 18.5 Å². The monoisotopic (exact) mass is 417 g/mol. The fourth-order valence-electron chi connectivity index (χ4n) is 3.30. The molecule has 5 heteroatoms. The lowest BCUT2D eigenvalue weighted by molar-refractivity contribution is 0.300. The lowest BCUT2D eigenvalue weighted by atomic mass is 10.1. The molecule has 1 aromatic heterocycles. The maximum atomic E-state index is 5.85. The molecular weight excluding hydrogens is 382 g/mol. The minimum atomic E-state index is 0.827. The first-order valence-electron chi connectivity index (χ1n) is 10.4. The minimum Gasteiger partial charge on any atom is -0.344 e. The number of anilines is 1. The molecule has 0 atom stereocenters. The average Bonchev–Trinajstić information content (AvgIpc) is 3.20. The van der Waals surface area contributed by atoms with Gasteiger partial charge in [0.2, 0.25) is 0 Å². The Hall–Kier alpha value is -1.43. The van der Waals surface area contributed by atoms with Gasteiger partial charge in [-0.15, -0.1) is 11.3 Å². The van der Waals surface area contributed by atoms with Crippen LogP contribution in [0, 0.1) is 6.92 Å². The second-order valence-electron chi connectivity index (χ2n) is 7.40. The van der Waals surface area contributed by atoms with Crippen molar-refractivity contribution in [2.75, 3.05) is 32.0 Å². The van der Waals surface area contributed by atoms with Crippen molar-refractivity contribution in [3.8, 4) is 0 Å². The molecule has 0 bridgehead atoms. The van der Waals surface area contributed by atoms with E-state index in [0.29, 0.717) is 0 Å². The summed E-state index contributed by atoms with van der Waals surface area (Å²) in [5.41, 5.74) is 3.74. The summed E-state index contributed by atoms with van der Waals surface area (Å²) >= 11 is 7.65. The van der Waals surface area contributed by atoms with Gasteiger partial charge in [0, 0.05) is 17.1 Å². The highest BCUT2D eigenvalue weighted by Gasteiger charge is 2.14. The van der Waals surface area contributed by atoms with E-state index >= 15 is 0 Å². The van der Waals surface area contributed by atoms with Crippen molar-refractivity contribution in [2.45, 2.75) is 53.0 Å². The van der Waals surface area contributed by atoms with Crippen LogP contribution < -0.4 is 5.32 Å². The maximum absolute atomic E-state index is 5.85. The maximum Gasteiger partial charge on any atom is 0.173 e. The van der Waals surface area contributed by atoms with Crippen LogP contribution in [0.2, 0.25) is 0 Å². The third kappa shape index (κ3) is 7.19. The first kappa shape index (κ1) is 22.9. The lowest BCUT2D eigenvalue weighted by Crippen LogP contribution is -2.36. The largest absolute Gasteiger partial charge is 0.344 e. The van der Waals surface area contributed by atoms with Crippen molar-refractivity contribution in [1.29, 1.82) is 0 Å². The van der Waals surface area contributed by atoms with Crippen molar-refractivity contribution < 1.29 is 0 Å². The molecule has 2 aromatic rings. The normalized spacial score (nSPS) is 11.0. The Morgan fingerprint density at radius 3 is 2.54 bits per heavy atom. The van der Waals surface area contributed by atoms with E-state index in [0.717, 1.165) is 37.6 Å². The number of unbranched alkanes of at least 4 members (excludes halogenated alkanes) is 1. The first-order valence-corrected chi connectivity index (χ1v) is 11.7. The summed E-state index contributed by atoms with van der Waals surface area (Å²) in [6, 6.07) is 10.8. The Balaban J connectivity index is 2.03. The van der Waals surface area contributed by atoms with Crippen LogP contribution in [0.4, 0.5) is 5.69 Å². The van der Waals surface area contributed by atoms with Crippen LogP contribution in [0.1, 0.15) is 49.1 Å². The molecule has 0 amide bonds. The van der Waals surface area contributed by atoms with Crippen LogP contribution in [0.25, 0.3) is 0 Å². The number of rotatable bonds is 11. The molecule has 0 aliphatic rings. The zero-order valence-corrected chi connectivity index (χ0v) is 19.5. The van der Waals surface area contributed by atoms with Gasteiger partial charge in [0.15, 0.2) is 5.11 Å². The van der Waals surface area contributed by atoms with Gasteiger partial charge >= 0.3 is 0 Å². The Labute approximate surface area is 180 Å². The number of nitrogens with one attached hydrogen (secondary N) is 1. The summed E-state index contributed by atoms with van der Waals surface area (Å²) in [5.74, 6) is 0. The van der Waals surface area contributed by atoms with Crippen LogP contribution in [0.5, 0.6) is 0 Å². The molecule has 0 aliphatic carbocycles. The molecule has 2 rings (SSSR count). The summed E-state index contributed by atoms with van der Waals surface area (Å²) in [4.78, 5) is 6.10. The van der Waals surface area contributed by atoms with Gasteiger partial charge in [0.1, 0.15) is 0 Å². The van der Waals surface area contributed by atoms with E-state index in [1.165, 1.54) is 41.1 Å². The molecule has 0 radical (unpaired) electrons. The van der Waals surface area contributed by atoms with Crippen LogP contribution in [0.3, 0.4) is 0 Å². The number of nitrogens with zero attached hydrogens (tertiary/aromatic N) is 2. The third-order valence-electron chi connectivity index (χ3n) is 5.05. The zero-order valence-electron chi connectivity index (χ0n) is 17.8. The van der Waals surface area contributed by atoms with Gasteiger partial charge in [-0.05, 0) is 81.1 Å². The second-order valence-corrected chi connectivity index (χ2v) is 8.82. The summed E-state index contributed by atoms with van der Waals surface area (Å²) in [7, 11) is 2.22. The van der Waals surface area contributed by atoms with Crippen molar-refractivity contribution >= 4 is 34.4 Å². The molecular formula is C23H35N3S2.